The van der Waals surface area contributed by atoms with Crippen LogP contribution >= 0.6 is 15.9 Å². The van der Waals surface area contributed by atoms with Crippen LogP contribution in [0.3, 0.4) is 0 Å². The SMILES string of the molecule is COc1ccc(C(=O)NC(C)(C)CCBr)cc1OC. The summed E-state index contributed by atoms with van der Waals surface area (Å²) in [6, 6.07) is 5.13. The van der Waals surface area contributed by atoms with Crippen molar-refractivity contribution in [2.24, 2.45) is 0 Å². The Labute approximate surface area is 122 Å². The number of hydrogen-bond acceptors (Lipinski definition) is 3. The molecule has 0 aliphatic carbocycles. The second kappa shape index (κ2) is 6.80. The van der Waals surface area contributed by atoms with Gasteiger partial charge in [-0.05, 0) is 38.5 Å². The Balaban J connectivity index is 2.88. The standard InChI is InChI=1S/C14H20BrNO3/c1-14(2,7-8-15)16-13(17)10-5-6-11(18-3)12(9-10)19-4/h5-6,9H,7-8H2,1-4H3,(H,16,17). The Morgan fingerprint density at radius 1 is 1.26 bits per heavy atom. The van der Waals surface area contributed by atoms with Crippen LogP contribution in [0, 0.1) is 0 Å². The van der Waals surface area contributed by atoms with Crippen LogP contribution in [0.15, 0.2) is 18.2 Å². The highest BCUT2D eigenvalue weighted by Gasteiger charge is 2.21. The zero-order valence-corrected chi connectivity index (χ0v) is 13.3. The van der Waals surface area contributed by atoms with E-state index in [1.54, 1.807) is 32.4 Å². The average Bonchev–Trinajstić information content (AvgIpc) is 2.37. The molecule has 1 aromatic rings. The summed E-state index contributed by atoms with van der Waals surface area (Å²) in [6.45, 7) is 3.99. The van der Waals surface area contributed by atoms with E-state index in [1.807, 2.05) is 13.8 Å². The van der Waals surface area contributed by atoms with E-state index in [0.717, 1.165) is 11.8 Å². The highest BCUT2D eigenvalue weighted by Crippen LogP contribution is 2.27. The van der Waals surface area contributed by atoms with Crippen LogP contribution in [-0.2, 0) is 0 Å². The summed E-state index contributed by atoms with van der Waals surface area (Å²) in [6.07, 6.45) is 0.853. The molecule has 0 radical (unpaired) electrons. The third kappa shape index (κ3) is 4.42. The lowest BCUT2D eigenvalue weighted by molar-refractivity contribution is 0.0911. The van der Waals surface area contributed by atoms with Gasteiger partial charge in [-0.25, -0.2) is 0 Å². The van der Waals surface area contributed by atoms with E-state index in [4.69, 9.17) is 9.47 Å². The van der Waals surface area contributed by atoms with E-state index in [0.29, 0.717) is 17.1 Å². The Kier molecular flexibility index (Phi) is 5.66. The molecule has 0 saturated heterocycles. The highest BCUT2D eigenvalue weighted by molar-refractivity contribution is 9.09. The molecule has 5 heteroatoms. The van der Waals surface area contributed by atoms with Crippen molar-refractivity contribution in [1.82, 2.24) is 5.32 Å². The predicted molar refractivity (Wildman–Crippen MR) is 79.5 cm³/mol. The molecule has 0 fully saturated rings. The minimum Gasteiger partial charge on any atom is -0.493 e. The van der Waals surface area contributed by atoms with E-state index >= 15 is 0 Å². The summed E-state index contributed by atoms with van der Waals surface area (Å²) in [4.78, 5) is 12.2. The van der Waals surface area contributed by atoms with Crippen molar-refractivity contribution in [2.75, 3.05) is 19.5 Å². The minimum absolute atomic E-state index is 0.119. The number of nitrogens with one attached hydrogen (secondary N) is 1. The number of carbonyl (C=O) groups excluding carboxylic acids is 1. The van der Waals surface area contributed by atoms with Gasteiger partial charge in [0.1, 0.15) is 0 Å². The van der Waals surface area contributed by atoms with Gasteiger partial charge in [-0.1, -0.05) is 15.9 Å². The molecule has 0 atom stereocenters. The first-order chi connectivity index (χ1) is 8.93. The van der Waals surface area contributed by atoms with Gasteiger partial charge in [-0.2, -0.15) is 0 Å². The third-order valence-electron chi connectivity index (χ3n) is 2.82. The van der Waals surface area contributed by atoms with E-state index in [2.05, 4.69) is 21.2 Å². The van der Waals surface area contributed by atoms with Crippen molar-refractivity contribution in [2.45, 2.75) is 25.8 Å². The second-order valence-corrected chi connectivity index (χ2v) is 5.64. The number of methoxy groups -OCH3 is 2. The summed E-state index contributed by atoms with van der Waals surface area (Å²) < 4.78 is 10.3. The van der Waals surface area contributed by atoms with Crippen LogP contribution in [0.2, 0.25) is 0 Å². The zero-order chi connectivity index (χ0) is 14.5. The molecule has 1 N–H and O–H groups in total. The molecule has 0 aliphatic rings. The third-order valence-corrected chi connectivity index (χ3v) is 3.21. The van der Waals surface area contributed by atoms with Gasteiger partial charge in [0.15, 0.2) is 11.5 Å². The molecular formula is C14H20BrNO3. The summed E-state index contributed by atoms with van der Waals surface area (Å²) in [5, 5.41) is 3.84. The van der Waals surface area contributed by atoms with Crippen LogP contribution in [0.4, 0.5) is 0 Å². The Bertz CT molecular complexity index is 446. The van der Waals surface area contributed by atoms with Gasteiger partial charge in [-0.3, -0.25) is 4.79 Å². The summed E-state index contributed by atoms with van der Waals surface area (Å²) >= 11 is 3.39. The van der Waals surface area contributed by atoms with E-state index in [9.17, 15) is 4.79 Å². The fourth-order valence-corrected chi connectivity index (χ4v) is 2.65. The molecule has 0 unspecified atom stereocenters. The molecule has 0 spiro atoms. The monoisotopic (exact) mass is 329 g/mol. The molecule has 0 aliphatic heterocycles. The largest absolute Gasteiger partial charge is 0.493 e. The number of carbonyl (C=O) groups is 1. The van der Waals surface area contributed by atoms with Gasteiger partial charge in [-0.15, -0.1) is 0 Å². The average molecular weight is 330 g/mol. The lowest BCUT2D eigenvalue weighted by Crippen LogP contribution is -2.43. The number of benzene rings is 1. The maximum absolute atomic E-state index is 12.2. The minimum atomic E-state index is -0.256. The molecule has 0 bridgehead atoms. The van der Waals surface area contributed by atoms with Crippen molar-refractivity contribution in [1.29, 1.82) is 0 Å². The molecule has 0 saturated carbocycles. The van der Waals surface area contributed by atoms with Crippen molar-refractivity contribution in [3.63, 3.8) is 0 Å². The number of ether oxygens (including phenoxy) is 2. The first-order valence-corrected chi connectivity index (χ1v) is 7.16. The van der Waals surface area contributed by atoms with Crippen LogP contribution in [0.25, 0.3) is 0 Å². The second-order valence-electron chi connectivity index (χ2n) is 4.85. The lowest BCUT2D eigenvalue weighted by Gasteiger charge is -2.25. The fourth-order valence-electron chi connectivity index (χ4n) is 1.66. The molecule has 19 heavy (non-hydrogen) atoms. The Hall–Kier alpha value is -1.23. The summed E-state index contributed by atoms with van der Waals surface area (Å²) in [5.74, 6) is 1.04. The quantitative estimate of drug-likeness (QED) is 0.816. The van der Waals surface area contributed by atoms with Gasteiger partial charge in [0.05, 0.1) is 14.2 Å². The topological polar surface area (TPSA) is 47.6 Å². The van der Waals surface area contributed by atoms with Crippen LogP contribution < -0.4 is 14.8 Å². The van der Waals surface area contributed by atoms with Crippen molar-refractivity contribution < 1.29 is 14.3 Å². The van der Waals surface area contributed by atoms with Crippen molar-refractivity contribution in [3.05, 3.63) is 23.8 Å². The zero-order valence-electron chi connectivity index (χ0n) is 11.7. The highest BCUT2D eigenvalue weighted by atomic mass is 79.9. The Morgan fingerprint density at radius 2 is 1.89 bits per heavy atom. The number of hydrogen-bond donors (Lipinski definition) is 1. The molecule has 106 valence electrons. The summed E-state index contributed by atoms with van der Waals surface area (Å²) in [7, 11) is 3.12. The van der Waals surface area contributed by atoms with E-state index < -0.39 is 0 Å². The maximum atomic E-state index is 12.2. The molecule has 4 nitrogen and oxygen atoms in total. The van der Waals surface area contributed by atoms with Gasteiger partial charge in [0.25, 0.3) is 5.91 Å². The van der Waals surface area contributed by atoms with Crippen molar-refractivity contribution in [3.8, 4) is 11.5 Å². The van der Waals surface area contributed by atoms with Crippen LogP contribution in [-0.4, -0.2) is 31.0 Å². The van der Waals surface area contributed by atoms with Gasteiger partial charge in [0, 0.05) is 16.4 Å². The first kappa shape index (κ1) is 15.8. The molecule has 0 heterocycles. The summed E-state index contributed by atoms with van der Waals surface area (Å²) in [5.41, 5.74) is 0.300. The molecule has 1 rings (SSSR count). The molecule has 1 amide bonds. The number of rotatable bonds is 6. The molecule has 1 aromatic carbocycles. The predicted octanol–water partition coefficient (Wildman–Crippen LogP) is 3.00. The van der Waals surface area contributed by atoms with E-state index in [1.165, 1.54) is 0 Å². The first-order valence-electron chi connectivity index (χ1n) is 6.04. The van der Waals surface area contributed by atoms with Gasteiger partial charge < -0.3 is 14.8 Å². The number of amides is 1. The normalized spacial score (nSPS) is 11.0. The lowest BCUT2D eigenvalue weighted by atomic mass is 10.0. The van der Waals surface area contributed by atoms with Crippen LogP contribution in [0.1, 0.15) is 30.6 Å². The smallest absolute Gasteiger partial charge is 0.251 e. The maximum Gasteiger partial charge on any atom is 0.251 e. The van der Waals surface area contributed by atoms with Crippen LogP contribution in [0.5, 0.6) is 11.5 Å². The molecular weight excluding hydrogens is 310 g/mol. The van der Waals surface area contributed by atoms with E-state index in [-0.39, 0.29) is 11.4 Å². The molecule has 0 aromatic heterocycles. The van der Waals surface area contributed by atoms with Gasteiger partial charge >= 0.3 is 0 Å². The number of alkyl halides is 1. The number of halogens is 1. The fraction of sp³-hybridized carbons (Fsp3) is 0.500. The van der Waals surface area contributed by atoms with Crippen molar-refractivity contribution >= 4 is 21.8 Å². The Morgan fingerprint density at radius 3 is 2.42 bits per heavy atom. The van der Waals surface area contributed by atoms with Gasteiger partial charge in [0.2, 0.25) is 0 Å².